The molecule has 1 N–H and O–H groups in total. The van der Waals surface area contributed by atoms with Crippen molar-refractivity contribution < 1.29 is 17.9 Å². The van der Waals surface area contributed by atoms with Crippen molar-refractivity contribution in [2.45, 2.75) is 62.3 Å². The van der Waals surface area contributed by atoms with E-state index < -0.39 is 10.0 Å². The number of nitrogens with zero attached hydrogens (tertiary/aromatic N) is 1. The second-order valence-electron chi connectivity index (χ2n) is 9.16. The van der Waals surface area contributed by atoms with Gasteiger partial charge >= 0.3 is 0 Å². The van der Waals surface area contributed by atoms with Gasteiger partial charge in [0.25, 0.3) is 0 Å². The summed E-state index contributed by atoms with van der Waals surface area (Å²) in [4.78, 5) is 2.72. The molecule has 33 heavy (non-hydrogen) atoms. The van der Waals surface area contributed by atoms with Gasteiger partial charge in [0, 0.05) is 19.6 Å². The first-order chi connectivity index (χ1) is 16.0. The van der Waals surface area contributed by atoms with Crippen LogP contribution in [0.5, 0.6) is 11.5 Å². The van der Waals surface area contributed by atoms with Crippen LogP contribution >= 0.6 is 0 Å². The van der Waals surface area contributed by atoms with Crippen LogP contribution in [0.4, 0.5) is 0 Å². The van der Waals surface area contributed by atoms with Crippen LogP contribution in [0.1, 0.15) is 61.1 Å². The van der Waals surface area contributed by atoms with E-state index in [4.69, 9.17) is 9.47 Å². The van der Waals surface area contributed by atoms with Gasteiger partial charge in [-0.25, -0.2) is 13.1 Å². The number of ether oxygens (including phenoxy) is 2. The SMILES string of the molecule is COc1cc2c(cc1OC)CN(CCCNS(=O)(=O)c1ccc(C3CCCCC3)cc1)CC2. The Kier molecular flexibility index (Phi) is 7.94. The molecule has 0 radical (unpaired) electrons. The van der Waals surface area contributed by atoms with Crippen LogP contribution in [-0.2, 0) is 23.0 Å². The lowest BCUT2D eigenvalue weighted by Crippen LogP contribution is -2.33. The first-order valence-electron chi connectivity index (χ1n) is 12.1. The molecule has 0 spiro atoms. The van der Waals surface area contributed by atoms with Gasteiger partial charge in [0.1, 0.15) is 0 Å². The van der Waals surface area contributed by atoms with Gasteiger partial charge < -0.3 is 9.47 Å². The highest BCUT2D eigenvalue weighted by molar-refractivity contribution is 7.89. The van der Waals surface area contributed by atoms with Gasteiger partial charge in [0.2, 0.25) is 10.0 Å². The molecule has 1 aliphatic carbocycles. The number of hydrogen-bond acceptors (Lipinski definition) is 5. The van der Waals surface area contributed by atoms with Crippen LogP contribution < -0.4 is 14.2 Å². The quantitative estimate of drug-likeness (QED) is 0.545. The second-order valence-corrected chi connectivity index (χ2v) is 10.9. The Hall–Kier alpha value is -2.09. The molecule has 2 aromatic carbocycles. The van der Waals surface area contributed by atoms with Crippen molar-refractivity contribution in [3.8, 4) is 11.5 Å². The zero-order valence-corrected chi connectivity index (χ0v) is 20.6. The maximum atomic E-state index is 12.7. The van der Waals surface area contributed by atoms with E-state index in [0.717, 1.165) is 44.0 Å². The highest BCUT2D eigenvalue weighted by Crippen LogP contribution is 2.34. The molecule has 4 rings (SSSR count). The van der Waals surface area contributed by atoms with Crippen molar-refractivity contribution in [2.75, 3.05) is 33.9 Å². The molecule has 1 saturated carbocycles. The molecule has 2 aliphatic rings. The number of rotatable bonds is 9. The maximum Gasteiger partial charge on any atom is 0.240 e. The van der Waals surface area contributed by atoms with Crippen LogP contribution in [-0.4, -0.2) is 47.2 Å². The Labute approximate surface area is 198 Å². The van der Waals surface area contributed by atoms with Crippen LogP contribution in [0.25, 0.3) is 0 Å². The van der Waals surface area contributed by atoms with E-state index in [1.807, 2.05) is 12.1 Å². The lowest BCUT2D eigenvalue weighted by atomic mass is 9.84. The molecule has 1 fully saturated rings. The molecule has 1 aliphatic heterocycles. The Morgan fingerprint density at radius 1 is 0.970 bits per heavy atom. The molecule has 1 heterocycles. The zero-order valence-electron chi connectivity index (χ0n) is 19.8. The summed E-state index contributed by atoms with van der Waals surface area (Å²) in [5.74, 6) is 2.10. The van der Waals surface area contributed by atoms with E-state index >= 15 is 0 Å². The van der Waals surface area contributed by atoms with Gasteiger partial charge in [-0.05, 0) is 79.1 Å². The van der Waals surface area contributed by atoms with Crippen molar-refractivity contribution in [1.82, 2.24) is 9.62 Å². The number of fused-ring (bicyclic) bond motifs is 1. The number of nitrogens with one attached hydrogen (secondary N) is 1. The van der Waals surface area contributed by atoms with E-state index in [1.165, 1.54) is 48.8 Å². The van der Waals surface area contributed by atoms with Crippen molar-refractivity contribution in [3.05, 3.63) is 53.1 Å². The molecule has 0 amide bonds. The predicted octanol–water partition coefficient (Wildman–Crippen LogP) is 4.48. The van der Waals surface area contributed by atoms with E-state index in [-0.39, 0.29) is 0 Å². The minimum Gasteiger partial charge on any atom is -0.493 e. The maximum absolute atomic E-state index is 12.7. The molecule has 7 heteroatoms. The molecule has 0 saturated heterocycles. The summed E-state index contributed by atoms with van der Waals surface area (Å²) in [7, 11) is -0.163. The Morgan fingerprint density at radius 3 is 2.30 bits per heavy atom. The van der Waals surface area contributed by atoms with Crippen LogP contribution in [0.15, 0.2) is 41.3 Å². The smallest absolute Gasteiger partial charge is 0.240 e. The van der Waals surface area contributed by atoms with Crippen molar-refractivity contribution >= 4 is 10.0 Å². The van der Waals surface area contributed by atoms with Crippen molar-refractivity contribution in [3.63, 3.8) is 0 Å². The fraction of sp³-hybridized carbons (Fsp3) is 0.538. The third kappa shape index (κ3) is 5.89. The van der Waals surface area contributed by atoms with Gasteiger partial charge in [0.05, 0.1) is 19.1 Å². The summed E-state index contributed by atoms with van der Waals surface area (Å²) >= 11 is 0. The molecule has 180 valence electrons. The summed E-state index contributed by atoms with van der Waals surface area (Å²) in [6.45, 7) is 3.07. The van der Waals surface area contributed by atoms with E-state index in [2.05, 4.69) is 21.8 Å². The minimum atomic E-state index is -3.48. The minimum absolute atomic E-state index is 0.356. The Morgan fingerprint density at radius 2 is 1.64 bits per heavy atom. The molecule has 0 aromatic heterocycles. The fourth-order valence-corrected chi connectivity index (χ4v) is 6.15. The molecular formula is C26H36N2O4S. The van der Waals surface area contributed by atoms with Gasteiger partial charge in [-0.2, -0.15) is 0 Å². The average molecular weight is 473 g/mol. The standard InChI is InChI=1S/C26H36N2O4S/c1-31-25-17-22-13-16-28(19-23(22)18-26(25)32-2)15-6-14-27-33(29,30)24-11-9-21(10-12-24)20-7-4-3-5-8-20/h9-12,17-18,20,27H,3-8,13-16,19H2,1-2H3. The predicted molar refractivity (Wildman–Crippen MR) is 131 cm³/mol. The lowest BCUT2D eigenvalue weighted by molar-refractivity contribution is 0.250. The van der Waals surface area contributed by atoms with Crippen molar-refractivity contribution in [1.29, 1.82) is 0 Å². The summed E-state index contributed by atoms with van der Waals surface area (Å²) in [6.07, 6.45) is 8.01. The highest BCUT2D eigenvalue weighted by atomic mass is 32.2. The van der Waals surface area contributed by atoms with Gasteiger partial charge in [0.15, 0.2) is 11.5 Å². The van der Waals surface area contributed by atoms with Gasteiger partial charge in [-0.1, -0.05) is 31.4 Å². The molecule has 0 bridgehead atoms. The molecule has 0 unspecified atom stereocenters. The molecule has 0 atom stereocenters. The average Bonchev–Trinajstić information content (AvgIpc) is 2.86. The van der Waals surface area contributed by atoms with Gasteiger partial charge in [-0.15, -0.1) is 0 Å². The lowest BCUT2D eigenvalue weighted by Gasteiger charge is -2.29. The third-order valence-corrected chi connectivity index (χ3v) is 8.48. The third-order valence-electron chi connectivity index (χ3n) is 7.01. The first-order valence-corrected chi connectivity index (χ1v) is 13.5. The first kappa shape index (κ1) is 24.0. The van der Waals surface area contributed by atoms with Crippen LogP contribution in [0, 0.1) is 0 Å². The monoisotopic (exact) mass is 472 g/mol. The number of methoxy groups -OCH3 is 2. The van der Waals surface area contributed by atoms with Crippen molar-refractivity contribution in [2.24, 2.45) is 0 Å². The summed E-state index contributed by atoms with van der Waals surface area (Å²) in [5.41, 5.74) is 3.81. The summed E-state index contributed by atoms with van der Waals surface area (Å²) < 4.78 is 39.1. The molecule has 2 aromatic rings. The highest BCUT2D eigenvalue weighted by Gasteiger charge is 2.20. The van der Waals surface area contributed by atoms with E-state index in [1.54, 1.807) is 26.4 Å². The summed E-state index contributed by atoms with van der Waals surface area (Å²) in [6, 6.07) is 11.6. The van der Waals surface area contributed by atoms with E-state index in [9.17, 15) is 8.42 Å². The number of benzene rings is 2. The largest absolute Gasteiger partial charge is 0.493 e. The Bertz CT molecular complexity index is 1030. The number of sulfonamides is 1. The second kappa shape index (κ2) is 10.9. The molecule has 6 nitrogen and oxygen atoms in total. The van der Waals surface area contributed by atoms with Crippen LogP contribution in [0.3, 0.4) is 0 Å². The zero-order chi connectivity index (χ0) is 23.3. The number of hydrogen-bond donors (Lipinski definition) is 1. The van der Waals surface area contributed by atoms with Gasteiger partial charge in [-0.3, -0.25) is 4.90 Å². The molecular weight excluding hydrogens is 436 g/mol. The van der Waals surface area contributed by atoms with Crippen LogP contribution in [0.2, 0.25) is 0 Å². The normalized spacial score (nSPS) is 17.5. The fourth-order valence-electron chi connectivity index (χ4n) is 5.08. The topological polar surface area (TPSA) is 67.9 Å². The summed E-state index contributed by atoms with van der Waals surface area (Å²) in [5, 5.41) is 0. The van der Waals surface area contributed by atoms with E-state index in [0.29, 0.717) is 17.4 Å². The Balaban J connectivity index is 1.26.